The molecule has 0 saturated carbocycles. The Bertz CT molecular complexity index is 912. The van der Waals surface area contributed by atoms with Gasteiger partial charge in [0.15, 0.2) is 0 Å². The van der Waals surface area contributed by atoms with E-state index in [4.69, 9.17) is 0 Å². The monoisotopic (exact) mass is 369 g/mol. The Hall–Kier alpha value is -2.84. The number of carbonyl (C=O) groups excluding carboxylic acids is 1. The number of aryl methyl sites for hydroxylation is 1. The summed E-state index contributed by atoms with van der Waals surface area (Å²) >= 11 is 1.39. The van der Waals surface area contributed by atoms with E-state index in [0.29, 0.717) is 10.8 Å². The highest BCUT2D eigenvalue weighted by molar-refractivity contribution is 7.15. The molecule has 0 radical (unpaired) electrons. The second kappa shape index (κ2) is 8.03. The average molecular weight is 369 g/mol. The maximum Gasteiger partial charge on any atom is 0.217 e. The van der Waals surface area contributed by atoms with Crippen molar-refractivity contribution in [3.63, 3.8) is 0 Å². The van der Waals surface area contributed by atoms with Gasteiger partial charge < -0.3 is 15.7 Å². The van der Waals surface area contributed by atoms with E-state index in [0.717, 1.165) is 22.0 Å². The van der Waals surface area contributed by atoms with Crippen LogP contribution in [0.25, 0.3) is 10.6 Å². The summed E-state index contributed by atoms with van der Waals surface area (Å²) in [6.45, 7) is 3.20. The van der Waals surface area contributed by atoms with Gasteiger partial charge in [-0.2, -0.15) is 0 Å². The Balaban J connectivity index is 1.81. The SMILES string of the molecule is CC(=O)N[C@@H](CO)c1ncc(-c2cccc(Nc3cc(C)ccn3)n2)s1. The first-order valence-corrected chi connectivity index (χ1v) is 8.87. The molecule has 3 aromatic heterocycles. The molecule has 3 rings (SSSR count). The third-order valence-electron chi connectivity index (χ3n) is 3.55. The number of hydrogen-bond donors (Lipinski definition) is 3. The van der Waals surface area contributed by atoms with Crippen LogP contribution in [0.2, 0.25) is 0 Å². The standard InChI is InChI=1S/C18H19N5O2S/c1-11-6-7-19-17(8-11)23-16-5-3-4-13(22-16)15-9-20-18(26-15)14(10-24)21-12(2)25/h3-9,14,24H,10H2,1-2H3,(H,21,25)(H,19,22,23)/t14-/m0/s1. The Labute approximate surface area is 155 Å². The molecule has 0 unspecified atom stereocenters. The van der Waals surface area contributed by atoms with Crippen LogP contribution in [0.1, 0.15) is 23.5 Å². The van der Waals surface area contributed by atoms with E-state index in [1.54, 1.807) is 12.4 Å². The molecule has 0 saturated heterocycles. The quantitative estimate of drug-likeness (QED) is 0.618. The number of hydrogen-bond acceptors (Lipinski definition) is 7. The fraction of sp³-hybridized carbons (Fsp3) is 0.222. The van der Waals surface area contributed by atoms with Gasteiger partial charge in [-0.3, -0.25) is 4.79 Å². The minimum atomic E-state index is -0.510. The van der Waals surface area contributed by atoms with Gasteiger partial charge in [0.25, 0.3) is 0 Å². The van der Waals surface area contributed by atoms with Gasteiger partial charge in [0, 0.05) is 19.3 Å². The van der Waals surface area contributed by atoms with Crippen molar-refractivity contribution in [2.75, 3.05) is 11.9 Å². The van der Waals surface area contributed by atoms with E-state index in [1.165, 1.54) is 18.3 Å². The van der Waals surface area contributed by atoms with Crippen molar-refractivity contribution in [1.82, 2.24) is 20.3 Å². The molecule has 3 heterocycles. The summed E-state index contributed by atoms with van der Waals surface area (Å²) in [6.07, 6.45) is 3.44. The molecule has 0 spiro atoms. The van der Waals surface area contributed by atoms with Gasteiger partial charge in [0.2, 0.25) is 5.91 Å². The molecule has 0 fully saturated rings. The average Bonchev–Trinajstić information content (AvgIpc) is 3.10. The predicted molar refractivity (Wildman–Crippen MR) is 101 cm³/mol. The summed E-state index contributed by atoms with van der Waals surface area (Å²) in [5.41, 5.74) is 1.87. The summed E-state index contributed by atoms with van der Waals surface area (Å²) in [6, 6.07) is 9.02. The number of aromatic nitrogens is 3. The predicted octanol–water partition coefficient (Wildman–Crippen LogP) is 2.82. The first kappa shape index (κ1) is 18.0. The molecule has 3 N–H and O–H groups in total. The number of anilines is 2. The lowest BCUT2D eigenvalue weighted by atomic mass is 10.3. The van der Waals surface area contributed by atoms with Gasteiger partial charge in [-0.05, 0) is 36.8 Å². The largest absolute Gasteiger partial charge is 0.394 e. The van der Waals surface area contributed by atoms with Gasteiger partial charge in [0.05, 0.1) is 17.2 Å². The van der Waals surface area contributed by atoms with E-state index in [1.807, 2.05) is 37.3 Å². The highest BCUT2D eigenvalue weighted by Gasteiger charge is 2.16. The molecule has 0 aliphatic rings. The molecular weight excluding hydrogens is 350 g/mol. The number of carbonyl (C=O) groups is 1. The van der Waals surface area contributed by atoms with E-state index >= 15 is 0 Å². The number of rotatable bonds is 6. The molecule has 0 aliphatic heterocycles. The van der Waals surface area contributed by atoms with Crippen LogP contribution in [0, 0.1) is 6.92 Å². The molecule has 26 heavy (non-hydrogen) atoms. The maximum atomic E-state index is 11.2. The van der Waals surface area contributed by atoms with E-state index in [9.17, 15) is 9.90 Å². The molecule has 0 aromatic carbocycles. The summed E-state index contributed by atoms with van der Waals surface area (Å²) in [4.78, 5) is 25.3. The van der Waals surface area contributed by atoms with Crippen molar-refractivity contribution < 1.29 is 9.90 Å². The van der Waals surface area contributed by atoms with Crippen LogP contribution in [0.3, 0.4) is 0 Å². The number of thiazole rings is 1. The fourth-order valence-electron chi connectivity index (χ4n) is 2.38. The molecule has 1 amide bonds. The smallest absolute Gasteiger partial charge is 0.217 e. The zero-order valence-corrected chi connectivity index (χ0v) is 15.2. The normalized spacial score (nSPS) is 11.8. The van der Waals surface area contributed by atoms with Crippen LogP contribution in [0.4, 0.5) is 11.6 Å². The number of amides is 1. The number of nitrogens with zero attached hydrogens (tertiary/aromatic N) is 3. The van der Waals surface area contributed by atoms with Gasteiger partial charge >= 0.3 is 0 Å². The number of nitrogens with one attached hydrogen (secondary N) is 2. The van der Waals surface area contributed by atoms with Gasteiger partial charge in [-0.25, -0.2) is 15.0 Å². The highest BCUT2D eigenvalue weighted by atomic mass is 32.1. The highest BCUT2D eigenvalue weighted by Crippen LogP contribution is 2.29. The molecule has 134 valence electrons. The molecule has 8 heteroatoms. The van der Waals surface area contributed by atoms with Crippen LogP contribution in [0.5, 0.6) is 0 Å². The van der Waals surface area contributed by atoms with Crippen molar-refractivity contribution in [3.05, 3.63) is 53.3 Å². The van der Waals surface area contributed by atoms with Crippen LogP contribution < -0.4 is 10.6 Å². The minimum Gasteiger partial charge on any atom is -0.394 e. The van der Waals surface area contributed by atoms with Crippen molar-refractivity contribution in [3.8, 4) is 10.6 Å². The van der Waals surface area contributed by atoms with Gasteiger partial charge in [-0.15, -0.1) is 11.3 Å². The Morgan fingerprint density at radius 1 is 1.27 bits per heavy atom. The Kier molecular flexibility index (Phi) is 5.55. The first-order chi connectivity index (χ1) is 12.5. The van der Waals surface area contributed by atoms with Crippen molar-refractivity contribution in [2.45, 2.75) is 19.9 Å². The Morgan fingerprint density at radius 2 is 2.12 bits per heavy atom. The van der Waals surface area contributed by atoms with Crippen molar-refractivity contribution in [2.24, 2.45) is 0 Å². The van der Waals surface area contributed by atoms with Crippen LogP contribution in [0.15, 0.2) is 42.7 Å². The minimum absolute atomic E-state index is 0.208. The van der Waals surface area contributed by atoms with Crippen LogP contribution in [-0.4, -0.2) is 32.6 Å². The molecule has 0 aliphatic carbocycles. The van der Waals surface area contributed by atoms with Gasteiger partial charge in [-0.1, -0.05) is 6.07 Å². The first-order valence-electron chi connectivity index (χ1n) is 8.06. The second-order valence-electron chi connectivity index (χ2n) is 5.75. The number of aliphatic hydroxyl groups is 1. The van der Waals surface area contributed by atoms with E-state index < -0.39 is 6.04 Å². The van der Waals surface area contributed by atoms with Crippen molar-refractivity contribution in [1.29, 1.82) is 0 Å². The van der Waals surface area contributed by atoms with E-state index in [-0.39, 0.29) is 12.5 Å². The molecule has 7 nitrogen and oxygen atoms in total. The van der Waals surface area contributed by atoms with Crippen LogP contribution in [-0.2, 0) is 4.79 Å². The lowest BCUT2D eigenvalue weighted by molar-refractivity contribution is -0.120. The van der Waals surface area contributed by atoms with Crippen LogP contribution >= 0.6 is 11.3 Å². The summed E-state index contributed by atoms with van der Waals surface area (Å²) < 4.78 is 0. The molecule has 1 atom stereocenters. The zero-order valence-electron chi connectivity index (χ0n) is 14.4. The topological polar surface area (TPSA) is 100 Å². The summed E-state index contributed by atoms with van der Waals surface area (Å²) in [5.74, 6) is 1.19. The zero-order chi connectivity index (χ0) is 18.5. The summed E-state index contributed by atoms with van der Waals surface area (Å²) in [7, 11) is 0. The van der Waals surface area contributed by atoms with E-state index in [2.05, 4.69) is 25.6 Å². The van der Waals surface area contributed by atoms with Gasteiger partial charge in [0.1, 0.15) is 22.7 Å². The third-order valence-corrected chi connectivity index (χ3v) is 4.69. The number of pyridine rings is 2. The summed E-state index contributed by atoms with van der Waals surface area (Å²) in [5, 5.41) is 16.0. The third kappa shape index (κ3) is 4.41. The molecular formula is C18H19N5O2S. The number of aliphatic hydroxyl groups excluding tert-OH is 1. The lowest BCUT2D eigenvalue weighted by Crippen LogP contribution is -2.28. The lowest BCUT2D eigenvalue weighted by Gasteiger charge is -2.11. The fourth-order valence-corrected chi connectivity index (χ4v) is 3.31. The Morgan fingerprint density at radius 3 is 2.85 bits per heavy atom. The van der Waals surface area contributed by atoms with Crippen molar-refractivity contribution >= 4 is 28.9 Å². The maximum absolute atomic E-state index is 11.2. The molecule has 3 aromatic rings. The second-order valence-corrected chi connectivity index (χ2v) is 6.81. The molecule has 0 bridgehead atoms.